The minimum absolute atomic E-state index is 0.109. The average molecular weight is 357 g/mol. The van der Waals surface area contributed by atoms with Gasteiger partial charge in [0.15, 0.2) is 0 Å². The highest BCUT2D eigenvalue weighted by molar-refractivity contribution is 6.06. The summed E-state index contributed by atoms with van der Waals surface area (Å²) in [5.74, 6) is -1.60. The number of methoxy groups -OCH3 is 1. The number of halogens is 2. The first-order chi connectivity index (χ1) is 12.5. The number of carbonyl (C=O) groups is 1. The van der Waals surface area contributed by atoms with Crippen molar-refractivity contribution in [1.29, 1.82) is 0 Å². The van der Waals surface area contributed by atoms with Crippen molar-refractivity contribution in [2.75, 3.05) is 12.4 Å². The lowest BCUT2D eigenvalue weighted by Gasteiger charge is -2.09. The number of carbonyl (C=O) groups excluding carboxylic acids is 1. The van der Waals surface area contributed by atoms with Crippen molar-refractivity contribution >= 4 is 11.6 Å². The van der Waals surface area contributed by atoms with Crippen LogP contribution in [0.1, 0.15) is 23.0 Å². The molecule has 0 spiro atoms. The van der Waals surface area contributed by atoms with Crippen molar-refractivity contribution in [1.82, 2.24) is 10.2 Å². The molecule has 2 N–H and O–H groups in total. The molecule has 0 saturated carbocycles. The molecule has 26 heavy (non-hydrogen) atoms. The molecule has 0 aliphatic heterocycles. The third kappa shape index (κ3) is 3.56. The lowest BCUT2D eigenvalue weighted by Crippen LogP contribution is -2.14. The van der Waals surface area contributed by atoms with E-state index in [2.05, 4.69) is 15.5 Å². The van der Waals surface area contributed by atoms with E-state index < -0.39 is 17.5 Å². The average Bonchev–Trinajstić information content (AvgIpc) is 3.03. The fourth-order valence-electron chi connectivity index (χ4n) is 2.62. The van der Waals surface area contributed by atoms with E-state index in [4.69, 9.17) is 4.74 Å². The van der Waals surface area contributed by atoms with Gasteiger partial charge in [-0.15, -0.1) is 0 Å². The largest absolute Gasteiger partial charge is 0.497 e. The predicted octanol–water partition coefficient (Wildman–Crippen LogP) is 4.18. The van der Waals surface area contributed by atoms with Crippen LogP contribution in [0, 0.1) is 11.6 Å². The van der Waals surface area contributed by atoms with Crippen LogP contribution >= 0.6 is 0 Å². The molecule has 3 aromatic rings. The summed E-state index contributed by atoms with van der Waals surface area (Å²) in [5.41, 5.74) is 2.32. The Morgan fingerprint density at radius 1 is 1.19 bits per heavy atom. The zero-order valence-electron chi connectivity index (χ0n) is 14.3. The number of aryl methyl sites for hydroxylation is 1. The molecule has 0 aliphatic rings. The van der Waals surface area contributed by atoms with Crippen molar-refractivity contribution in [3.8, 4) is 17.0 Å². The molecule has 0 radical (unpaired) electrons. The van der Waals surface area contributed by atoms with Crippen molar-refractivity contribution < 1.29 is 18.3 Å². The molecule has 0 unspecified atom stereocenters. The van der Waals surface area contributed by atoms with E-state index in [9.17, 15) is 13.6 Å². The number of aromatic nitrogens is 2. The Morgan fingerprint density at radius 3 is 2.58 bits per heavy atom. The van der Waals surface area contributed by atoms with E-state index in [0.29, 0.717) is 35.3 Å². The number of hydrogen-bond acceptors (Lipinski definition) is 3. The number of ether oxygens (including phenoxy) is 1. The number of rotatable bonds is 5. The van der Waals surface area contributed by atoms with Gasteiger partial charge in [-0.3, -0.25) is 9.89 Å². The molecule has 0 fully saturated rings. The van der Waals surface area contributed by atoms with Crippen molar-refractivity contribution in [3.63, 3.8) is 0 Å². The first-order valence-corrected chi connectivity index (χ1v) is 8.01. The number of hydrogen-bond donors (Lipinski definition) is 2. The predicted molar refractivity (Wildman–Crippen MR) is 94.3 cm³/mol. The van der Waals surface area contributed by atoms with Crippen LogP contribution in [0.4, 0.5) is 14.5 Å². The van der Waals surface area contributed by atoms with E-state index >= 15 is 0 Å². The molecule has 3 rings (SSSR count). The second-order valence-electron chi connectivity index (χ2n) is 5.62. The quantitative estimate of drug-likeness (QED) is 0.720. The zero-order valence-corrected chi connectivity index (χ0v) is 14.3. The zero-order chi connectivity index (χ0) is 18.7. The maximum Gasteiger partial charge on any atom is 0.255 e. The summed E-state index contributed by atoms with van der Waals surface area (Å²) in [4.78, 5) is 12.5. The Morgan fingerprint density at radius 2 is 1.92 bits per heavy atom. The van der Waals surface area contributed by atoms with Crippen molar-refractivity contribution in [3.05, 3.63) is 65.4 Å². The Balaban J connectivity index is 1.98. The standard InChI is InChI=1S/C19H17F2N3O2/c1-3-16-18(22-19(25)12-7-13(20)10-14(21)8-12)17(24-23-16)11-5-4-6-15(9-11)26-2/h4-10H,3H2,1-2H3,(H,22,25)(H,23,24). The van der Waals surface area contributed by atoms with Gasteiger partial charge in [0.2, 0.25) is 0 Å². The lowest BCUT2D eigenvalue weighted by atomic mass is 10.1. The third-order valence-electron chi connectivity index (χ3n) is 3.90. The molecule has 1 heterocycles. The van der Waals surface area contributed by atoms with E-state index in [0.717, 1.165) is 17.7 Å². The van der Waals surface area contributed by atoms with Gasteiger partial charge in [-0.05, 0) is 30.7 Å². The number of H-pyrrole nitrogens is 1. The monoisotopic (exact) mass is 357 g/mol. The van der Waals surface area contributed by atoms with Gasteiger partial charge in [-0.2, -0.15) is 5.10 Å². The number of aromatic amines is 1. The van der Waals surface area contributed by atoms with E-state index in [1.54, 1.807) is 19.2 Å². The first kappa shape index (κ1) is 17.6. The van der Waals surface area contributed by atoms with Crippen LogP contribution in [-0.2, 0) is 6.42 Å². The summed E-state index contributed by atoms with van der Waals surface area (Å²) in [7, 11) is 1.56. The van der Waals surface area contributed by atoms with Crippen LogP contribution in [0.5, 0.6) is 5.75 Å². The smallest absolute Gasteiger partial charge is 0.255 e. The van der Waals surface area contributed by atoms with Gasteiger partial charge in [0.25, 0.3) is 5.91 Å². The molecule has 5 nitrogen and oxygen atoms in total. The molecular formula is C19H17F2N3O2. The maximum absolute atomic E-state index is 13.4. The molecule has 0 atom stereocenters. The highest BCUT2D eigenvalue weighted by atomic mass is 19.1. The maximum atomic E-state index is 13.4. The van der Waals surface area contributed by atoms with E-state index in [-0.39, 0.29) is 5.56 Å². The second-order valence-corrected chi connectivity index (χ2v) is 5.62. The Kier molecular flexibility index (Phi) is 4.97. The second kappa shape index (κ2) is 7.35. The molecular weight excluding hydrogens is 340 g/mol. The highest BCUT2D eigenvalue weighted by Gasteiger charge is 2.18. The van der Waals surface area contributed by atoms with Crippen LogP contribution in [0.3, 0.4) is 0 Å². The summed E-state index contributed by atoms with van der Waals surface area (Å²) in [6.07, 6.45) is 0.587. The lowest BCUT2D eigenvalue weighted by molar-refractivity contribution is 0.102. The summed E-state index contributed by atoms with van der Waals surface area (Å²) >= 11 is 0. The Hall–Kier alpha value is -3.22. The molecule has 7 heteroatoms. The molecule has 1 amide bonds. The van der Waals surface area contributed by atoms with Gasteiger partial charge in [-0.1, -0.05) is 19.1 Å². The SMILES string of the molecule is CCc1[nH]nc(-c2cccc(OC)c2)c1NC(=O)c1cc(F)cc(F)c1. The van der Waals surface area contributed by atoms with Crippen LogP contribution in [0.25, 0.3) is 11.3 Å². The van der Waals surface area contributed by atoms with Gasteiger partial charge >= 0.3 is 0 Å². The molecule has 1 aromatic heterocycles. The van der Waals surface area contributed by atoms with Crippen molar-refractivity contribution in [2.24, 2.45) is 0 Å². The number of nitrogens with one attached hydrogen (secondary N) is 2. The number of anilines is 1. The number of amides is 1. The van der Waals surface area contributed by atoms with Gasteiger partial charge in [0, 0.05) is 17.2 Å². The van der Waals surface area contributed by atoms with Crippen LogP contribution in [-0.4, -0.2) is 23.2 Å². The molecule has 134 valence electrons. The summed E-state index contributed by atoms with van der Waals surface area (Å²) in [5, 5.41) is 9.87. The molecule has 0 bridgehead atoms. The highest BCUT2D eigenvalue weighted by Crippen LogP contribution is 2.31. The fourth-order valence-corrected chi connectivity index (χ4v) is 2.62. The Bertz CT molecular complexity index is 933. The summed E-state index contributed by atoms with van der Waals surface area (Å²) < 4.78 is 32.0. The normalized spacial score (nSPS) is 10.6. The third-order valence-corrected chi connectivity index (χ3v) is 3.90. The Labute approximate surface area is 149 Å². The molecule has 0 saturated heterocycles. The van der Waals surface area contributed by atoms with Crippen LogP contribution in [0.15, 0.2) is 42.5 Å². The van der Waals surface area contributed by atoms with Crippen LogP contribution in [0.2, 0.25) is 0 Å². The fraction of sp³-hybridized carbons (Fsp3) is 0.158. The molecule has 0 aliphatic carbocycles. The topological polar surface area (TPSA) is 67.0 Å². The van der Waals surface area contributed by atoms with E-state index in [1.807, 2.05) is 19.1 Å². The van der Waals surface area contributed by atoms with Gasteiger partial charge in [0.1, 0.15) is 23.1 Å². The van der Waals surface area contributed by atoms with Crippen molar-refractivity contribution in [2.45, 2.75) is 13.3 Å². The van der Waals surface area contributed by atoms with Crippen LogP contribution < -0.4 is 10.1 Å². The number of benzene rings is 2. The minimum Gasteiger partial charge on any atom is -0.497 e. The molecule has 2 aromatic carbocycles. The van der Waals surface area contributed by atoms with Gasteiger partial charge < -0.3 is 10.1 Å². The van der Waals surface area contributed by atoms with Gasteiger partial charge in [0.05, 0.1) is 18.5 Å². The number of nitrogens with zero attached hydrogens (tertiary/aromatic N) is 1. The minimum atomic E-state index is -0.814. The summed E-state index contributed by atoms with van der Waals surface area (Å²) in [6.45, 7) is 1.90. The van der Waals surface area contributed by atoms with Gasteiger partial charge in [-0.25, -0.2) is 8.78 Å². The first-order valence-electron chi connectivity index (χ1n) is 8.01. The van der Waals surface area contributed by atoms with E-state index in [1.165, 1.54) is 0 Å². The summed E-state index contributed by atoms with van der Waals surface area (Å²) in [6, 6.07) is 9.90.